The van der Waals surface area contributed by atoms with Crippen LogP contribution in [0, 0.1) is 12.8 Å². The summed E-state index contributed by atoms with van der Waals surface area (Å²) >= 11 is 0. The zero-order valence-electron chi connectivity index (χ0n) is 11.8. The molecule has 1 aromatic rings. The predicted octanol–water partition coefficient (Wildman–Crippen LogP) is 4.16. The number of aryl methyl sites for hydroxylation is 1. The number of rotatable bonds is 4. The summed E-state index contributed by atoms with van der Waals surface area (Å²) in [5.41, 5.74) is 3.84. The summed E-state index contributed by atoms with van der Waals surface area (Å²) in [4.78, 5) is 2.26. The number of allylic oxidation sites excluding steroid dienone is 2. The SMILES string of the molecule is Cc1cccc(C2=CCN(CCC3CC3(F)P)C=C2)c1. The van der Waals surface area contributed by atoms with Crippen molar-refractivity contribution in [3.63, 3.8) is 0 Å². The highest BCUT2D eigenvalue weighted by Crippen LogP contribution is 2.54. The van der Waals surface area contributed by atoms with Crippen molar-refractivity contribution in [2.45, 2.75) is 25.2 Å². The summed E-state index contributed by atoms with van der Waals surface area (Å²) in [5.74, 6) is 0.239. The molecule has 1 aliphatic carbocycles. The van der Waals surface area contributed by atoms with Gasteiger partial charge in [0.05, 0.1) is 0 Å². The van der Waals surface area contributed by atoms with Gasteiger partial charge in [0.25, 0.3) is 0 Å². The molecule has 3 rings (SSSR count). The predicted molar refractivity (Wildman–Crippen MR) is 86.1 cm³/mol. The van der Waals surface area contributed by atoms with Crippen molar-refractivity contribution in [2.24, 2.45) is 5.92 Å². The third-order valence-corrected chi connectivity index (χ3v) is 4.91. The minimum Gasteiger partial charge on any atom is -0.374 e. The molecule has 0 bridgehead atoms. The third kappa shape index (κ3) is 3.12. The topological polar surface area (TPSA) is 3.24 Å². The number of benzene rings is 1. The zero-order chi connectivity index (χ0) is 14.2. The molecule has 1 fully saturated rings. The Morgan fingerprint density at radius 2 is 2.25 bits per heavy atom. The minimum atomic E-state index is -0.970. The average Bonchev–Trinajstić information content (AvgIpc) is 3.05. The van der Waals surface area contributed by atoms with Crippen molar-refractivity contribution in [3.05, 3.63) is 53.7 Å². The van der Waals surface area contributed by atoms with Crippen LogP contribution in [0.1, 0.15) is 24.0 Å². The van der Waals surface area contributed by atoms with Crippen molar-refractivity contribution < 1.29 is 4.39 Å². The van der Waals surface area contributed by atoms with Gasteiger partial charge in [-0.1, -0.05) is 45.1 Å². The highest BCUT2D eigenvalue weighted by Gasteiger charge is 2.50. The van der Waals surface area contributed by atoms with Crippen LogP contribution in [0.15, 0.2) is 42.6 Å². The lowest BCUT2D eigenvalue weighted by molar-refractivity contribution is 0.352. The molecule has 0 amide bonds. The van der Waals surface area contributed by atoms with Crippen molar-refractivity contribution in [1.29, 1.82) is 0 Å². The largest absolute Gasteiger partial charge is 0.374 e. The Bertz CT molecular complexity index is 562. The zero-order valence-corrected chi connectivity index (χ0v) is 13.0. The molecule has 3 unspecified atom stereocenters. The van der Waals surface area contributed by atoms with Crippen molar-refractivity contribution in [2.75, 3.05) is 13.1 Å². The molecule has 1 heterocycles. The van der Waals surface area contributed by atoms with Crippen LogP contribution in [0.3, 0.4) is 0 Å². The summed E-state index contributed by atoms with van der Waals surface area (Å²) < 4.78 is 13.5. The second-order valence-corrected chi connectivity index (χ2v) is 6.92. The van der Waals surface area contributed by atoms with Gasteiger partial charge in [-0.25, -0.2) is 4.39 Å². The van der Waals surface area contributed by atoms with E-state index in [4.69, 9.17) is 0 Å². The summed E-state index contributed by atoms with van der Waals surface area (Å²) in [6, 6.07) is 8.57. The van der Waals surface area contributed by atoms with E-state index in [-0.39, 0.29) is 5.92 Å². The first-order chi connectivity index (χ1) is 9.54. The quantitative estimate of drug-likeness (QED) is 0.752. The van der Waals surface area contributed by atoms with Gasteiger partial charge < -0.3 is 4.90 Å². The molecule has 0 saturated heterocycles. The van der Waals surface area contributed by atoms with Gasteiger partial charge in [-0.2, -0.15) is 0 Å². The fourth-order valence-corrected chi connectivity index (χ4v) is 3.17. The maximum Gasteiger partial charge on any atom is 0.127 e. The van der Waals surface area contributed by atoms with E-state index in [1.807, 2.05) is 0 Å². The fraction of sp³-hybridized carbons (Fsp3) is 0.412. The monoisotopic (exact) mass is 289 g/mol. The Kier molecular flexibility index (Phi) is 3.69. The first-order valence-electron chi connectivity index (χ1n) is 7.22. The van der Waals surface area contributed by atoms with Gasteiger partial charge >= 0.3 is 0 Å². The molecule has 106 valence electrons. The van der Waals surface area contributed by atoms with E-state index in [0.717, 1.165) is 19.5 Å². The normalized spacial score (nSPS) is 28.4. The number of nitrogens with zero attached hydrogens (tertiary/aromatic N) is 1. The van der Waals surface area contributed by atoms with E-state index in [9.17, 15) is 4.39 Å². The van der Waals surface area contributed by atoms with Crippen LogP contribution >= 0.6 is 9.24 Å². The van der Waals surface area contributed by atoms with Crippen molar-refractivity contribution in [1.82, 2.24) is 4.90 Å². The van der Waals surface area contributed by atoms with Gasteiger partial charge in [-0.15, -0.1) is 0 Å². The molecule has 1 nitrogen and oxygen atoms in total. The highest BCUT2D eigenvalue weighted by atomic mass is 31.0. The number of alkyl halides is 1. The molecule has 3 heteroatoms. The Labute approximate surface area is 122 Å². The molecule has 0 aromatic heterocycles. The summed E-state index contributed by atoms with van der Waals surface area (Å²) in [6.07, 6.45) is 8.21. The second kappa shape index (κ2) is 5.33. The molecule has 0 spiro atoms. The van der Waals surface area contributed by atoms with E-state index in [2.05, 4.69) is 63.7 Å². The van der Waals surface area contributed by atoms with Crippen molar-refractivity contribution in [3.8, 4) is 0 Å². The van der Waals surface area contributed by atoms with Crippen LogP contribution in [0.25, 0.3) is 5.57 Å². The summed E-state index contributed by atoms with van der Waals surface area (Å²) in [7, 11) is 2.34. The lowest BCUT2D eigenvalue weighted by Crippen LogP contribution is -2.21. The third-order valence-electron chi connectivity index (χ3n) is 4.20. The molecule has 0 radical (unpaired) electrons. The van der Waals surface area contributed by atoms with E-state index in [1.54, 1.807) is 0 Å². The smallest absolute Gasteiger partial charge is 0.127 e. The lowest BCUT2D eigenvalue weighted by Gasteiger charge is -2.23. The Morgan fingerprint density at radius 3 is 2.85 bits per heavy atom. The molecule has 20 heavy (non-hydrogen) atoms. The Morgan fingerprint density at radius 1 is 1.45 bits per heavy atom. The van der Waals surface area contributed by atoms with Crippen LogP contribution in [0.5, 0.6) is 0 Å². The molecule has 2 aliphatic rings. The van der Waals surface area contributed by atoms with E-state index in [1.165, 1.54) is 16.7 Å². The Balaban J connectivity index is 1.55. The molecule has 1 aromatic carbocycles. The minimum absolute atomic E-state index is 0.239. The summed E-state index contributed by atoms with van der Waals surface area (Å²) in [6.45, 7) is 3.98. The van der Waals surface area contributed by atoms with Crippen LogP contribution in [0.4, 0.5) is 4.39 Å². The summed E-state index contributed by atoms with van der Waals surface area (Å²) in [5, 5.41) is -0.970. The van der Waals surface area contributed by atoms with E-state index in [0.29, 0.717) is 6.42 Å². The maximum absolute atomic E-state index is 13.5. The van der Waals surface area contributed by atoms with Crippen molar-refractivity contribution >= 4 is 14.8 Å². The fourth-order valence-electron chi connectivity index (χ4n) is 2.72. The van der Waals surface area contributed by atoms with Crippen LogP contribution in [-0.4, -0.2) is 23.4 Å². The first-order valence-corrected chi connectivity index (χ1v) is 7.79. The number of hydrogen-bond donors (Lipinski definition) is 0. The van der Waals surface area contributed by atoms with Gasteiger partial charge in [0.1, 0.15) is 5.41 Å². The van der Waals surface area contributed by atoms with Gasteiger partial charge in [0.2, 0.25) is 0 Å². The van der Waals surface area contributed by atoms with Gasteiger partial charge in [0, 0.05) is 19.0 Å². The molecular weight excluding hydrogens is 268 g/mol. The van der Waals surface area contributed by atoms with Gasteiger partial charge in [-0.05, 0) is 43.2 Å². The van der Waals surface area contributed by atoms with E-state index >= 15 is 0 Å². The first kappa shape index (κ1) is 13.8. The molecule has 1 saturated carbocycles. The lowest BCUT2D eigenvalue weighted by atomic mass is 10.0. The standard InChI is InChI=1S/C17H21FNP/c1-13-3-2-4-15(11-13)14-5-8-19(9-6-14)10-7-16-12-17(16,18)20/h2-6,8,11,16H,7,9-10,12,20H2,1H3. The van der Waals surface area contributed by atoms with Gasteiger partial charge in [-0.3, -0.25) is 0 Å². The van der Waals surface area contributed by atoms with Crippen LogP contribution in [-0.2, 0) is 0 Å². The number of halogens is 1. The maximum atomic E-state index is 13.5. The molecule has 3 atom stereocenters. The second-order valence-electron chi connectivity index (χ2n) is 5.96. The highest BCUT2D eigenvalue weighted by molar-refractivity contribution is 7.19. The molecule has 0 N–H and O–H groups in total. The Hall–Kier alpha value is -1.14. The molecule has 1 aliphatic heterocycles. The van der Waals surface area contributed by atoms with Gasteiger partial charge in [0.15, 0.2) is 0 Å². The average molecular weight is 289 g/mol. The van der Waals surface area contributed by atoms with Crippen LogP contribution < -0.4 is 0 Å². The van der Waals surface area contributed by atoms with E-state index < -0.39 is 5.41 Å². The molecular formula is C17H21FNP. The number of hydrogen-bond acceptors (Lipinski definition) is 1. The van der Waals surface area contributed by atoms with Crippen LogP contribution in [0.2, 0.25) is 0 Å².